The quantitative estimate of drug-likeness (QED) is 0.583. The molecular weight excluding hydrogens is 184 g/mol. The van der Waals surface area contributed by atoms with Gasteiger partial charge in [0.2, 0.25) is 5.91 Å². The van der Waals surface area contributed by atoms with Crippen molar-refractivity contribution in [1.29, 1.82) is 0 Å². The smallest absolute Gasteiger partial charge is 0.255 e. The van der Waals surface area contributed by atoms with Crippen LogP contribution in [0.3, 0.4) is 0 Å². The van der Waals surface area contributed by atoms with Crippen LogP contribution < -0.4 is 5.73 Å². The Kier molecular flexibility index (Phi) is 1.99. The average molecular weight is 197 g/mol. The Morgan fingerprint density at radius 1 is 1.50 bits per heavy atom. The minimum atomic E-state index is -1.20. The van der Waals surface area contributed by atoms with Gasteiger partial charge in [0.1, 0.15) is 11.6 Å². The fourth-order valence-corrected chi connectivity index (χ4v) is 1.74. The summed E-state index contributed by atoms with van der Waals surface area (Å²) in [6.45, 7) is 0.481. The maximum absolute atomic E-state index is 11.7. The minimum absolute atomic E-state index is 0.352. The van der Waals surface area contributed by atoms with Crippen molar-refractivity contribution in [3.05, 3.63) is 6.42 Å². The second kappa shape index (κ2) is 2.95. The second-order valence-corrected chi connectivity index (χ2v) is 3.90. The van der Waals surface area contributed by atoms with E-state index in [1.165, 1.54) is 4.90 Å². The van der Waals surface area contributed by atoms with E-state index in [1.807, 2.05) is 0 Å². The predicted molar refractivity (Wildman–Crippen MR) is 47.8 cm³/mol. The summed E-state index contributed by atoms with van der Waals surface area (Å²) in [5.74, 6) is -0.879. The van der Waals surface area contributed by atoms with Crippen molar-refractivity contribution in [2.75, 3.05) is 6.54 Å². The SMILES string of the molecule is NC(=O)[C@H]1[CH]CCN1C(=O)C1(O)CC1. The second-order valence-electron chi connectivity index (χ2n) is 3.90. The number of amides is 2. The molecule has 0 bridgehead atoms. The van der Waals surface area contributed by atoms with Crippen LogP contribution in [0.2, 0.25) is 0 Å². The highest BCUT2D eigenvalue weighted by Crippen LogP contribution is 2.38. The largest absolute Gasteiger partial charge is 0.380 e. The van der Waals surface area contributed by atoms with Gasteiger partial charge in [-0.15, -0.1) is 0 Å². The van der Waals surface area contributed by atoms with E-state index in [4.69, 9.17) is 5.73 Å². The van der Waals surface area contributed by atoms with E-state index >= 15 is 0 Å². The molecule has 0 aromatic carbocycles. The number of primary amides is 1. The predicted octanol–water partition coefficient (Wildman–Crippen LogP) is -1.20. The molecule has 1 aliphatic carbocycles. The molecule has 2 amide bonds. The number of rotatable bonds is 2. The third-order valence-corrected chi connectivity index (χ3v) is 2.77. The van der Waals surface area contributed by atoms with Gasteiger partial charge >= 0.3 is 0 Å². The monoisotopic (exact) mass is 197 g/mol. The Morgan fingerprint density at radius 3 is 2.64 bits per heavy atom. The average Bonchev–Trinajstić information content (AvgIpc) is 2.69. The number of nitrogens with zero attached hydrogens (tertiary/aromatic N) is 1. The van der Waals surface area contributed by atoms with E-state index in [2.05, 4.69) is 0 Å². The zero-order chi connectivity index (χ0) is 10.3. The van der Waals surface area contributed by atoms with Crippen LogP contribution in [0.1, 0.15) is 19.3 Å². The standard InChI is InChI=1S/C9H13N2O3/c10-7(12)6-2-1-5-11(6)8(13)9(14)3-4-9/h2,6,14H,1,3-5H2,(H2,10,12)/t6-/m1/s1. The van der Waals surface area contributed by atoms with Gasteiger partial charge in [0.05, 0.1) is 0 Å². The highest BCUT2D eigenvalue weighted by atomic mass is 16.3. The molecule has 1 saturated carbocycles. The molecule has 1 aliphatic heterocycles. The highest BCUT2D eigenvalue weighted by molar-refractivity contribution is 5.93. The van der Waals surface area contributed by atoms with E-state index in [0.717, 1.165) is 0 Å². The first-order valence-electron chi connectivity index (χ1n) is 4.71. The van der Waals surface area contributed by atoms with Crippen molar-refractivity contribution in [3.8, 4) is 0 Å². The first-order chi connectivity index (χ1) is 6.54. The summed E-state index contributed by atoms with van der Waals surface area (Å²) in [6.07, 6.45) is 3.36. The summed E-state index contributed by atoms with van der Waals surface area (Å²) < 4.78 is 0. The van der Waals surface area contributed by atoms with Crippen LogP contribution >= 0.6 is 0 Å². The van der Waals surface area contributed by atoms with Crippen LogP contribution in [0.5, 0.6) is 0 Å². The van der Waals surface area contributed by atoms with Gasteiger partial charge in [-0.1, -0.05) is 0 Å². The number of hydrogen-bond acceptors (Lipinski definition) is 3. The van der Waals surface area contributed by atoms with Gasteiger partial charge in [-0.3, -0.25) is 9.59 Å². The van der Waals surface area contributed by atoms with Gasteiger partial charge in [0.25, 0.3) is 5.91 Å². The Bertz CT molecular complexity index is 286. The van der Waals surface area contributed by atoms with Crippen LogP contribution in [0.4, 0.5) is 0 Å². The maximum atomic E-state index is 11.7. The third-order valence-electron chi connectivity index (χ3n) is 2.77. The van der Waals surface area contributed by atoms with Crippen molar-refractivity contribution in [2.45, 2.75) is 30.9 Å². The Balaban J connectivity index is 2.09. The van der Waals surface area contributed by atoms with Crippen LogP contribution in [-0.2, 0) is 9.59 Å². The normalized spacial score (nSPS) is 28.9. The van der Waals surface area contributed by atoms with Crippen LogP contribution in [0, 0.1) is 6.42 Å². The van der Waals surface area contributed by atoms with E-state index in [9.17, 15) is 14.7 Å². The number of likely N-dealkylation sites (tertiary alicyclic amines) is 1. The fraction of sp³-hybridized carbons (Fsp3) is 0.667. The molecule has 77 valence electrons. The van der Waals surface area contributed by atoms with E-state index in [1.54, 1.807) is 6.42 Å². The van der Waals surface area contributed by atoms with Crippen LogP contribution in [0.15, 0.2) is 0 Å². The fourth-order valence-electron chi connectivity index (χ4n) is 1.74. The Morgan fingerprint density at radius 2 is 2.14 bits per heavy atom. The van der Waals surface area contributed by atoms with Crippen LogP contribution in [0.25, 0.3) is 0 Å². The summed E-state index contributed by atoms with van der Waals surface area (Å²) in [7, 11) is 0. The molecule has 5 heteroatoms. The van der Waals surface area contributed by atoms with Crippen molar-refractivity contribution in [1.82, 2.24) is 4.90 Å². The molecule has 0 spiro atoms. The summed E-state index contributed by atoms with van der Waals surface area (Å²) in [5, 5.41) is 9.60. The molecule has 3 N–H and O–H groups in total. The number of carbonyl (C=O) groups is 2. The lowest BCUT2D eigenvalue weighted by molar-refractivity contribution is -0.145. The minimum Gasteiger partial charge on any atom is -0.380 e. The molecule has 1 saturated heterocycles. The van der Waals surface area contributed by atoms with E-state index in [-0.39, 0.29) is 5.91 Å². The zero-order valence-corrected chi connectivity index (χ0v) is 7.77. The molecule has 5 nitrogen and oxygen atoms in total. The van der Waals surface area contributed by atoms with Gasteiger partial charge in [-0.2, -0.15) is 0 Å². The van der Waals surface area contributed by atoms with E-state index in [0.29, 0.717) is 25.8 Å². The first kappa shape index (κ1) is 9.45. The van der Waals surface area contributed by atoms with Crippen molar-refractivity contribution >= 4 is 11.8 Å². The molecule has 1 radical (unpaired) electrons. The van der Waals surface area contributed by atoms with Gasteiger partial charge in [0, 0.05) is 6.54 Å². The molecule has 1 heterocycles. The molecule has 0 aromatic heterocycles. The molecular formula is C9H13N2O3. The van der Waals surface area contributed by atoms with Crippen molar-refractivity contribution in [3.63, 3.8) is 0 Å². The van der Waals surface area contributed by atoms with Gasteiger partial charge < -0.3 is 15.7 Å². The van der Waals surface area contributed by atoms with E-state index < -0.39 is 17.6 Å². The molecule has 2 fully saturated rings. The highest BCUT2D eigenvalue weighted by Gasteiger charge is 2.52. The van der Waals surface area contributed by atoms with Crippen molar-refractivity contribution in [2.24, 2.45) is 5.73 Å². The summed E-state index contributed by atoms with van der Waals surface area (Å²) in [6, 6.07) is -0.632. The zero-order valence-electron chi connectivity index (χ0n) is 7.77. The lowest BCUT2D eigenvalue weighted by Gasteiger charge is -2.24. The number of carbonyl (C=O) groups excluding carboxylic acids is 2. The van der Waals surface area contributed by atoms with Gasteiger partial charge in [0.15, 0.2) is 0 Å². The maximum Gasteiger partial charge on any atom is 0.255 e. The molecule has 2 aliphatic rings. The molecule has 14 heavy (non-hydrogen) atoms. The number of aliphatic hydroxyl groups is 1. The lowest BCUT2D eigenvalue weighted by atomic mass is 10.2. The topological polar surface area (TPSA) is 83.6 Å². The molecule has 0 aromatic rings. The molecule has 0 unspecified atom stereocenters. The van der Waals surface area contributed by atoms with Gasteiger partial charge in [-0.25, -0.2) is 0 Å². The molecule has 1 atom stereocenters. The number of hydrogen-bond donors (Lipinski definition) is 2. The van der Waals surface area contributed by atoms with Crippen LogP contribution in [-0.4, -0.2) is 40.0 Å². The number of nitrogens with two attached hydrogens (primary N) is 1. The summed E-state index contributed by atoms with van der Waals surface area (Å²) >= 11 is 0. The third kappa shape index (κ3) is 1.37. The Hall–Kier alpha value is -1.10. The summed E-state index contributed by atoms with van der Waals surface area (Å²) in [5.41, 5.74) is 3.94. The molecule has 2 rings (SSSR count). The summed E-state index contributed by atoms with van der Waals surface area (Å²) in [4.78, 5) is 24.0. The van der Waals surface area contributed by atoms with Gasteiger partial charge in [-0.05, 0) is 25.7 Å². The lowest BCUT2D eigenvalue weighted by Crippen LogP contribution is -2.48. The van der Waals surface area contributed by atoms with Crippen molar-refractivity contribution < 1.29 is 14.7 Å². The first-order valence-corrected chi connectivity index (χ1v) is 4.71. The Labute approximate surface area is 81.9 Å².